The Hall–Kier alpha value is -0.446. The van der Waals surface area contributed by atoms with Crippen molar-refractivity contribution >= 4 is 0 Å². The SMILES string of the molecule is C=CC(C)=CC.C[N-]C.C[N-]C.C[N-]C.[CH-]=CC=CC.[Ti+4]. The summed E-state index contributed by atoms with van der Waals surface area (Å²) < 4.78 is 0. The van der Waals surface area contributed by atoms with Crippen molar-refractivity contribution in [3.8, 4) is 0 Å². The van der Waals surface area contributed by atoms with Gasteiger partial charge in [-0.3, -0.25) is 6.58 Å². The van der Waals surface area contributed by atoms with Gasteiger partial charge in [0.05, 0.1) is 0 Å². The van der Waals surface area contributed by atoms with Crippen molar-refractivity contribution in [3.05, 3.63) is 65.1 Å². The monoisotopic (exact) mass is 329 g/mol. The third-order valence-electron chi connectivity index (χ3n) is 1.08. The molecule has 0 unspecified atom stereocenters. The molecule has 0 bridgehead atoms. The topological polar surface area (TPSA) is 42.3 Å². The van der Waals surface area contributed by atoms with E-state index in [1.807, 2.05) is 39.0 Å². The van der Waals surface area contributed by atoms with Gasteiger partial charge in [0.25, 0.3) is 0 Å². The zero-order chi connectivity index (χ0) is 17.2. The number of nitrogens with zero attached hydrogens (tertiary/aromatic N) is 3. The van der Waals surface area contributed by atoms with E-state index in [0.717, 1.165) is 0 Å². The van der Waals surface area contributed by atoms with Gasteiger partial charge in [0, 0.05) is 0 Å². The second-order valence-corrected chi connectivity index (χ2v) is 3.30. The van der Waals surface area contributed by atoms with Crippen molar-refractivity contribution in [3.63, 3.8) is 0 Å². The average Bonchev–Trinajstić information content (AvgIpc) is 2.42. The molecule has 0 heterocycles. The van der Waals surface area contributed by atoms with E-state index in [9.17, 15) is 0 Å². The molecule has 0 N–H and O–H groups in total. The summed E-state index contributed by atoms with van der Waals surface area (Å²) in [5, 5.41) is 10.5. The van der Waals surface area contributed by atoms with E-state index < -0.39 is 0 Å². The van der Waals surface area contributed by atoms with Crippen LogP contribution < -0.4 is 0 Å². The number of rotatable bonds is 2. The van der Waals surface area contributed by atoms with Gasteiger partial charge in [-0.05, 0) is 13.8 Å². The molecule has 0 aliphatic heterocycles. The quantitative estimate of drug-likeness (QED) is 0.362. The Morgan fingerprint density at radius 2 is 1.19 bits per heavy atom. The van der Waals surface area contributed by atoms with Crippen LogP contribution in [0.15, 0.2) is 42.5 Å². The minimum absolute atomic E-state index is 0. The molecule has 0 aliphatic rings. The Morgan fingerprint density at radius 1 is 0.905 bits per heavy atom. The van der Waals surface area contributed by atoms with Crippen LogP contribution in [0.4, 0.5) is 0 Å². The summed E-state index contributed by atoms with van der Waals surface area (Å²) in [6.45, 7) is 14.4. The zero-order valence-corrected chi connectivity index (χ0v) is 17.1. The number of allylic oxidation sites excluding steroid dienone is 6. The molecule has 4 heteroatoms. The van der Waals surface area contributed by atoms with Crippen LogP contribution in [-0.4, -0.2) is 42.3 Å². The smallest absolute Gasteiger partial charge is 0.668 e. The van der Waals surface area contributed by atoms with Crippen molar-refractivity contribution in [1.82, 2.24) is 0 Å². The van der Waals surface area contributed by atoms with E-state index in [4.69, 9.17) is 6.58 Å². The predicted octanol–water partition coefficient (Wildman–Crippen LogP) is 5.55. The van der Waals surface area contributed by atoms with Gasteiger partial charge < -0.3 is 16.0 Å². The molecule has 0 aromatic rings. The predicted molar refractivity (Wildman–Crippen MR) is 98.9 cm³/mol. The molecule has 0 spiro atoms. The molecule has 0 amide bonds. The van der Waals surface area contributed by atoms with Crippen LogP contribution in [0.1, 0.15) is 20.8 Å². The van der Waals surface area contributed by atoms with Crippen molar-refractivity contribution in [2.45, 2.75) is 20.8 Å². The molecule has 0 rings (SSSR count). The van der Waals surface area contributed by atoms with Gasteiger partial charge in [-0.1, -0.05) is 31.2 Å². The normalized spacial score (nSPS) is 7.95. The first-order valence-electron chi connectivity index (χ1n) is 6.32. The molecule has 0 atom stereocenters. The molecule has 3 nitrogen and oxygen atoms in total. The molecular formula is C17H35N3Ti. The fourth-order valence-electron chi connectivity index (χ4n) is 0.229. The van der Waals surface area contributed by atoms with Gasteiger partial charge in [0.1, 0.15) is 0 Å². The van der Waals surface area contributed by atoms with E-state index >= 15 is 0 Å². The Bertz CT molecular complexity index is 195. The van der Waals surface area contributed by atoms with Crippen molar-refractivity contribution in [1.29, 1.82) is 0 Å². The van der Waals surface area contributed by atoms with E-state index in [1.54, 1.807) is 48.4 Å². The van der Waals surface area contributed by atoms with Gasteiger partial charge in [-0.25, -0.2) is 12.2 Å². The third-order valence-corrected chi connectivity index (χ3v) is 1.08. The molecule has 21 heavy (non-hydrogen) atoms. The van der Waals surface area contributed by atoms with E-state index in [2.05, 4.69) is 22.5 Å². The Kier molecular flexibility index (Phi) is 107. The maximum Gasteiger partial charge on any atom is 4.00 e. The summed E-state index contributed by atoms with van der Waals surface area (Å²) in [4.78, 5) is 0. The molecule has 0 saturated heterocycles. The second-order valence-electron chi connectivity index (χ2n) is 3.30. The Balaban J connectivity index is -0.0000000344. The summed E-state index contributed by atoms with van der Waals surface area (Å²) in [7, 11) is 10.5. The minimum atomic E-state index is 0. The molecule has 122 valence electrons. The molecule has 0 aliphatic carbocycles. The van der Waals surface area contributed by atoms with Gasteiger partial charge >= 0.3 is 21.7 Å². The fraction of sp³-hybridized carbons (Fsp3) is 0.529. The minimum Gasteiger partial charge on any atom is -0.668 e. The largest absolute Gasteiger partial charge is 4.00 e. The number of hydrogen-bond donors (Lipinski definition) is 0. The molecule has 0 aromatic carbocycles. The summed E-state index contributed by atoms with van der Waals surface area (Å²) in [5.74, 6) is 0. The van der Waals surface area contributed by atoms with Crippen molar-refractivity contribution < 1.29 is 21.7 Å². The summed E-state index contributed by atoms with van der Waals surface area (Å²) in [6, 6.07) is 0. The Labute approximate surface area is 149 Å². The third kappa shape index (κ3) is 195. The average molecular weight is 329 g/mol. The zero-order valence-electron chi connectivity index (χ0n) is 15.5. The van der Waals surface area contributed by atoms with Crippen molar-refractivity contribution in [2.24, 2.45) is 0 Å². The van der Waals surface area contributed by atoms with Gasteiger partial charge in [-0.2, -0.15) is 48.4 Å². The molecule has 0 saturated carbocycles. The molecule has 0 radical (unpaired) electrons. The summed E-state index contributed by atoms with van der Waals surface area (Å²) >= 11 is 0. The van der Waals surface area contributed by atoms with E-state index in [-0.39, 0.29) is 21.7 Å². The first kappa shape index (κ1) is 37.1. The maximum atomic E-state index is 4.93. The van der Waals surface area contributed by atoms with Crippen LogP contribution in [-0.2, 0) is 21.7 Å². The molecule has 0 fully saturated rings. The molecule has 0 aromatic heterocycles. The summed E-state index contributed by atoms with van der Waals surface area (Å²) in [6.07, 6.45) is 9.01. The Morgan fingerprint density at radius 3 is 1.19 bits per heavy atom. The van der Waals surface area contributed by atoms with Crippen molar-refractivity contribution in [2.75, 3.05) is 42.3 Å². The van der Waals surface area contributed by atoms with Gasteiger partial charge in [-0.15, -0.1) is 0 Å². The van der Waals surface area contributed by atoms with Crippen LogP contribution in [0.25, 0.3) is 16.0 Å². The second kappa shape index (κ2) is 60.4. The first-order valence-corrected chi connectivity index (χ1v) is 6.32. The van der Waals surface area contributed by atoms with Gasteiger partial charge in [0.15, 0.2) is 0 Å². The van der Waals surface area contributed by atoms with E-state index in [0.29, 0.717) is 0 Å². The maximum absolute atomic E-state index is 4.93. The van der Waals surface area contributed by atoms with Crippen LogP contribution >= 0.6 is 0 Å². The fourth-order valence-corrected chi connectivity index (χ4v) is 0.229. The standard InChI is InChI=1S/C6H10.C5H7.3C2H6N.Ti/c1-4-6(3)5-2;1-3-5-4-2;3*1-3-2;/h4-5H,1H2,2-3H3;1,3-5H,2H3;3*1-2H3;/q;4*-1;+4. The van der Waals surface area contributed by atoms with E-state index in [1.165, 1.54) is 11.6 Å². The van der Waals surface area contributed by atoms with Gasteiger partial charge in [0.2, 0.25) is 0 Å². The molecular weight excluding hydrogens is 294 g/mol. The van der Waals surface area contributed by atoms with Crippen LogP contribution in [0, 0.1) is 6.58 Å². The first-order chi connectivity index (χ1) is 9.46. The van der Waals surface area contributed by atoms with Crippen LogP contribution in [0.3, 0.4) is 0 Å². The summed E-state index contributed by atoms with van der Waals surface area (Å²) in [5.41, 5.74) is 1.23. The van der Waals surface area contributed by atoms with Crippen LogP contribution in [0.5, 0.6) is 0 Å². The van der Waals surface area contributed by atoms with Crippen LogP contribution in [0.2, 0.25) is 0 Å². The number of hydrogen-bond acceptors (Lipinski definition) is 0.